The van der Waals surface area contributed by atoms with Crippen LogP contribution in [0.15, 0.2) is 12.2 Å². The Hall–Kier alpha value is -0.760. The zero-order valence-electron chi connectivity index (χ0n) is 33.6. The Kier molecular flexibility index (Phi) is 33.5. The highest BCUT2D eigenvalue weighted by Crippen LogP contribution is 2.38. The van der Waals surface area contributed by atoms with Gasteiger partial charge in [-0.25, -0.2) is 0 Å². The first-order valence-corrected chi connectivity index (χ1v) is 22.5. The molecular weight excluding hydrogens is 647 g/mol. The van der Waals surface area contributed by atoms with Crippen LogP contribution in [0.5, 0.6) is 0 Å². The first-order valence-electron chi connectivity index (χ1n) is 21.0. The lowest BCUT2D eigenvalue weighted by Crippen LogP contribution is -2.46. The van der Waals surface area contributed by atoms with Gasteiger partial charge in [-0.3, -0.25) is 9.36 Å². The van der Waals surface area contributed by atoms with Crippen molar-refractivity contribution in [3.05, 3.63) is 12.2 Å². The number of nitrogens with one attached hydrogen (secondary N) is 1. The summed E-state index contributed by atoms with van der Waals surface area (Å²) in [7, 11) is 1.30. The van der Waals surface area contributed by atoms with E-state index in [-0.39, 0.29) is 19.1 Å². The van der Waals surface area contributed by atoms with Gasteiger partial charge in [-0.1, -0.05) is 167 Å². The molecule has 1 amide bonds. The molecule has 0 aliphatic heterocycles. The van der Waals surface area contributed by atoms with Crippen molar-refractivity contribution in [1.29, 1.82) is 0 Å². The second-order valence-corrected chi connectivity index (χ2v) is 17.1. The fourth-order valence-electron chi connectivity index (χ4n) is 6.10. The number of nitrogens with zero attached hydrogens (tertiary/aromatic N) is 1. The van der Waals surface area contributed by atoms with Crippen molar-refractivity contribution in [2.45, 2.75) is 206 Å². The number of carbonyl (C=O) groups is 1. The number of aliphatic hydroxyl groups excluding tert-OH is 1. The SMILES string of the molecule is CCC/C=C\CCCCCCCC(=O)NC(COP(=O)([O-])OCC[N+](C)(C)C)C(O)CCCCCCCCCCCCCCCCCCCC. The number of hydrogen-bond acceptors (Lipinski definition) is 6. The Morgan fingerprint density at radius 2 is 1.14 bits per heavy atom. The summed E-state index contributed by atoms with van der Waals surface area (Å²) < 4.78 is 23.2. The van der Waals surface area contributed by atoms with E-state index in [0.29, 0.717) is 23.9 Å². The quantitative estimate of drug-likeness (QED) is 0.0283. The second-order valence-electron chi connectivity index (χ2n) is 15.7. The summed E-state index contributed by atoms with van der Waals surface area (Å²) in [6.07, 6.45) is 36.4. The molecule has 0 saturated heterocycles. The van der Waals surface area contributed by atoms with E-state index >= 15 is 0 Å². The van der Waals surface area contributed by atoms with Crippen LogP contribution in [0.4, 0.5) is 0 Å². The summed E-state index contributed by atoms with van der Waals surface area (Å²) in [5.74, 6) is -0.176. The molecule has 2 N–H and O–H groups in total. The topological polar surface area (TPSA) is 108 Å². The van der Waals surface area contributed by atoms with E-state index in [4.69, 9.17) is 9.05 Å². The molecule has 0 spiro atoms. The molecule has 0 aromatic carbocycles. The number of hydrogen-bond donors (Lipinski definition) is 2. The third-order valence-corrected chi connectivity index (χ3v) is 10.4. The van der Waals surface area contributed by atoms with Gasteiger partial charge in [-0.2, -0.15) is 0 Å². The van der Waals surface area contributed by atoms with Crippen LogP contribution in [0.2, 0.25) is 0 Å². The van der Waals surface area contributed by atoms with Crippen LogP contribution in [-0.4, -0.2) is 68.5 Å². The van der Waals surface area contributed by atoms with Crippen molar-refractivity contribution in [3.8, 4) is 0 Å². The van der Waals surface area contributed by atoms with Crippen molar-refractivity contribution in [1.82, 2.24) is 5.32 Å². The molecule has 0 aromatic heterocycles. The van der Waals surface area contributed by atoms with Crippen molar-refractivity contribution >= 4 is 13.7 Å². The summed E-state index contributed by atoms with van der Waals surface area (Å²) in [6.45, 7) is 4.65. The first-order chi connectivity index (χ1) is 24.0. The number of allylic oxidation sites excluding steroid dienone is 2. The van der Waals surface area contributed by atoms with Crippen molar-refractivity contribution < 1.29 is 32.9 Å². The zero-order chi connectivity index (χ0) is 37.2. The molecule has 0 fully saturated rings. The van der Waals surface area contributed by atoms with Crippen molar-refractivity contribution in [2.24, 2.45) is 0 Å². The summed E-state index contributed by atoms with van der Waals surface area (Å²) in [6, 6.07) is -0.799. The molecule has 0 saturated carbocycles. The van der Waals surface area contributed by atoms with Gasteiger partial charge in [0.25, 0.3) is 7.82 Å². The number of unbranched alkanes of at least 4 members (excludes halogenated alkanes) is 23. The van der Waals surface area contributed by atoms with E-state index < -0.39 is 20.0 Å². The van der Waals surface area contributed by atoms with E-state index in [1.165, 1.54) is 109 Å². The minimum Gasteiger partial charge on any atom is -0.756 e. The predicted octanol–water partition coefficient (Wildman–Crippen LogP) is 10.6. The third-order valence-electron chi connectivity index (χ3n) is 9.48. The van der Waals surface area contributed by atoms with Crippen LogP contribution in [-0.2, 0) is 18.4 Å². The van der Waals surface area contributed by atoms with Crippen LogP contribution < -0.4 is 10.2 Å². The van der Waals surface area contributed by atoms with Gasteiger partial charge in [0.2, 0.25) is 5.91 Å². The molecule has 3 unspecified atom stereocenters. The molecule has 0 aliphatic rings. The number of quaternary nitrogens is 1. The van der Waals surface area contributed by atoms with Gasteiger partial charge >= 0.3 is 0 Å². The lowest BCUT2D eigenvalue weighted by molar-refractivity contribution is -0.870. The Bertz CT molecular complexity index is 834. The van der Waals surface area contributed by atoms with E-state index in [1.807, 2.05) is 21.1 Å². The van der Waals surface area contributed by atoms with Crippen LogP contribution >= 0.6 is 7.82 Å². The van der Waals surface area contributed by atoms with Gasteiger partial charge in [-0.15, -0.1) is 0 Å². The lowest BCUT2D eigenvalue weighted by Gasteiger charge is -2.30. The molecule has 0 aliphatic carbocycles. The maximum atomic E-state index is 12.8. The average Bonchev–Trinajstić information content (AvgIpc) is 3.06. The van der Waals surface area contributed by atoms with Crippen LogP contribution in [0.1, 0.15) is 194 Å². The van der Waals surface area contributed by atoms with Crippen molar-refractivity contribution in [3.63, 3.8) is 0 Å². The monoisotopic (exact) mass is 731 g/mol. The summed E-state index contributed by atoms with van der Waals surface area (Å²) >= 11 is 0. The minimum atomic E-state index is -4.56. The number of rotatable bonds is 38. The Balaban J connectivity index is 4.33. The van der Waals surface area contributed by atoms with Gasteiger partial charge in [0.15, 0.2) is 0 Å². The number of amides is 1. The molecule has 8 nitrogen and oxygen atoms in total. The molecule has 0 aromatic rings. The second kappa shape index (κ2) is 34.0. The summed E-state index contributed by atoms with van der Waals surface area (Å²) in [4.78, 5) is 25.2. The van der Waals surface area contributed by atoms with Gasteiger partial charge in [0.05, 0.1) is 39.9 Å². The standard InChI is InChI=1S/C41H83N2O6P/c1-6-8-10-12-14-16-18-19-20-21-22-23-24-25-26-28-30-32-34-40(44)39(38-49-50(46,47)48-37-36-43(3,4)5)42-41(45)35-33-31-29-27-17-15-13-11-9-7-2/h11,13,39-40,44H,6-10,12,14-38H2,1-5H3,(H-,42,45,46,47)/b13-11-. The molecular formula is C41H83N2O6P. The van der Waals surface area contributed by atoms with Crippen LogP contribution in [0, 0.1) is 0 Å². The highest BCUT2D eigenvalue weighted by atomic mass is 31.2. The summed E-state index contributed by atoms with van der Waals surface area (Å²) in [5.41, 5.74) is 0. The highest BCUT2D eigenvalue weighted by molar-refractivity contribution is 7.45. The Morgan fingerprint density at radius 3 is 1.64 bits per heavy atom. The Labute approximate surface area is 310 Å². The molecule has 0 radical (unpaired) electrons. The first kappa shape index (κ1) is 49.2. The predicted molar refractivity (Wildman–Crippen MR) is 210 cm³/mol. The highest BCUT2D eigenvalue weighted by Gasteiger charge is 2.24. The van der Waals surface area contributed by atoms with Gasteiger partial charge < -0.3 is 28.8 Å². The van der Waals surface area contributed by atoms with Crippen molar-refractivity contribution in [2.75, 3.05) is 40.9 Å². The maximum Gasteiger partial charge on any atom is 0.268 e. The molecule has 0 heterocycles. The number of likely N-dealkylation sites (N-methyl/N-ethyl adjacent to an activating group) is 1. The number of phosphoric ester groups is 1. The minimum absolute atomic E-state index is 0.0121. The van der Waals surface area contributed by atoms with Gasteiger partial charge in [0, 0.05) is 6.42 Å². The smallest absolute Gasteiger partial charge is 0.268 e. The molecule has 298 valence electrons. The van der Waals surface area contributed by atoms with Gasteiger partial charge in [-0.05, 0) is 32.1 Å². The van der Waals surface area contributed by atoms with Crippen LogP contribution in [0.25, 0.3) is 0 Å². The zero-order valence-corrected chi connectivity index (χ0v) is 34.5. The average molecular weight is 731 g/mol. The summed E-state index contributed by atoms with van der Waals surface area (Å²) in [5, 5.41) is 13.9. The maximum absolute atomic E-state index is 12.8. The molecule has 0 rings (SSSR count). The van der Waals surface area contributed by atoms with Gasteiger partial charge in [0.1, 0.15) is 13.2 Å². The van der Waals surface area contributed by atoms with E-state index in [9.17, 15) is 19.4 Å². The number of aliphatic hydroxyl groups is 1. The number of phosphoric acid groups is 1. The van der Waals surface area contributed by atoms with E-state index in [0.717, 1.165) is 57.8 Å². The normalized spacial score (nSPS) is 14.6. The number of carbonyl (C=O) groups excluding carboxylic acids is 1. The largest absolute Gasteiger partial charge is 0.756 e. The molecule has 9 heteroatoms. The molecule has 50 heavy (non-hydrogen) atoms. The van der Waals surface area contributed by atoms with E-state index in [2.05, 4.69) is 31.3 Å². The fourth-order valence-corrected chi connectivity index (χ4v) is 6.82. The third kappa shape index (κ3) is 35.6. The molecule has 0 bridgehead atoms. The fraction of sp³-hybridized carbons (Fsp3) is 0.927. The Morgan fingerprint density at radius 1 is 0.680 bits per heavy atom. The molecule has 3 atom stereocenters. The lowest BCUT2D eigenvalue weighted by atomic mass is 10.0. The van der Waals surface area contributed by atoms with Crippen LogP contribution in [0.3, 0.4) is 0 Å². The van der Waals surface area contributed by atoms with E-state index in [1.54, 1.807) is 0 Å².